The molecule has 5 nitrogen and oxygen atoms in total. The van der Waals surface area contributed by atoms with Crippen LogP contribution in [0.25, 0.3) is 0 Å². The molecule has 7 heteroatoms. The normalized spacial score (nSPS) is 10.8. The molecule has 2 N–H and O–H groups in total. The summed E-state index contributed by atoms with van der Waals surface area (Å²) in [4.78, 5) is 12.2. The van der Waals surface area contributed by atoms with E-state index in [0.29, 0.717) is 11.8 Å². The molecule has 1 amide bonds. The Labute approximate surface area is 145 Å². The number of carbonyl (C=O) groups is 1. The zero-order chi connectivity index (χ0) is 16.8. The van der Waals surface area contributed by atoms with E-state index in [1.54, 1.807) is 0 Å². The third-order valence-corrected chi connectivity index (χ3v) is 5.14. The van der Waals surface area contributed by atoms with Crippen molar-refractivity contribution in [1.82, 2.24) is 10.2 Å². The van der Waals surface area contributed by atoms with Crippen LogP contribution < -0.4 is 10.6 Å². The molecule has 0 bridgehead atoms. The second kappa shape index (κ2) is 8.31. The fourth-order valence-electron chi connectivity index (χ4n) is 2.08. The van der Waals surface area contributed by atoms with E-state index in [2.05, 4.69) is 41.6 Å². The van der Waals surface area contributed by atoms with E-state index >= 15 is 0 Å². The number of para-hydroxylation sites is 1. The molecule has 0 radical (unpaired) electrons. The lowest BCUT2D eigenvalue weighted by molar-refractivity contribution is -0.113. The van der Waals surface area contributed by atoms with Gasteiger partial charge in [-0.1, -0.05) is 48.2 Å². The van der Waals surface area contributed by atoms with Crippen LogP contribution in [-0.2, 0) is 11.2 Å². The molecular formula is C16H22N4OS2. The van der Waals surface area contributed by atoms with Crippen molar-refractivity contribution in [2.45, 2.75) is 44.5 Å². The van der Waals surface area contributed by atoms with Crippen LogP contribution in [0.2, 0.25) is 0 Å². The number of hydrogen-bond donors (Lipinski definition) is 2. The number of rotatable bonds is 7. The lowest BCUT2D eigenvalue weighted by atomic mass is 10.1. The lowest BCUT2D eigenvalue weighted by Gasteiger charge is -2.12. The molecular weight excluding hydrogens is 328 g/mol. The van der Waals surface area contributed by atoms with Gasteiger partial charge in [-0.2, -0.15) is 0 Å². The average molecular weight is 351 g/mol. The topological polar surface area (TPSA) is 66.9 Å². The third-order valence-electron chi connectivity index (χ3n) is 3.15. The van der Waals surface area contributed by atoms with Crippen LogP contribution in [0.15, 0.2) is 22.5 Å². The van der Waals surface area contributed by atoms with Crippen LogP contribution >= 0.6 is 23.1 Å². The molecule has 0 saturated carbocycles. The first-order valence-electron chi connectivity index (χ1n) is 7.60. The van der Waals surface area contributed by atoms with E-state index < -0.39 is 0 Å². The number of aromatic nitrogens is 2. The molecule has 0 atom stereocenters. The largest absolute Gasteiger partial charge is 0.358 e. The van der Waals surface area contributed by atoms with Gasteiger partial charge in [0.15, 0.2) is 4.34 Å². The van der Waals surface area contributed by atoms with Gasteiger partial charge in [0, 0.05) is 11.7 Å². The van der Waals surface area contributed by atoms with Crippen LogP contribution in [-0.4, -0.2) is 27.9 Å². The number of amides is 1. The Morgan fingerprint density at radius 1 is 1.35 bits per heavy atom. The summed E-state index contributed by atoms with van der Waals surface area (Å²) in [5, 5.41) is 15.2. The Hall–Kier alpha value is -1.60. The van der Waals surface area contributed by atoms with Crippen molar-refractivity contribution in [3.63, 3.8) is 0 Å². The van der Waals surface area contributed by atoms with Gasteiger partial charge in [0.25, 0.3) is 0 Å². The molecule has 124 valence electrons. The Morgan fingerprint density at radius 3 is 2.83 bits per heavy atom. The van der Waals surface area contributed by atoms with Gasteiger partial charge >= 0.3 is 0 Å². The van der Waals surface area contributed by atoms with Gasteiger partial charge in [0.2, 0.25) is 11.0 Å². The Balaban J connectivity index is 1.92. The molecule has 2 rings (SSSR count). The second-order valence-electron chi connectivity index (χ2n) is 5.47. The predicted octanol–water partition coefficient (Wildman–Crippen LogP) is 3.96. The predicted molar refractivity (Wildman–Crippen MR) is 98.6 cm³/mol. The molecule has 1 aromatic heterocycles. The van der Waals surface area contributed by atoms with Crippen molar-refractivity contribution in [1.29, 1.82) is 0 Å². The van der Waals surface area contributed by atoms with Crippen LogP contribution in [0.5, 0.6) is 0 Å². The molecule has 0 aliphatic carbocycles. The highest BCUT2D eigenvalue weighted by Gasteiger charge is 2.11. The van der Waals surface area contributed by atoms with Crippen LogP contribution in [0.4, 0.5) is 10.8 Å². The van der Waals surface area contributed by atoms with Crippen molar-refractivity contribution < 1.29 is 4.79 Å². The van der Waals surface area contributed by atoms with E-state index in [-0.39, 0.29) is 5.91 Å². The van der Waals surface area contributed by atoms with Gasteiger partial charge in [-0.3, -0.25) is 4.79 Å². The van der Waals surface area contributed by atoms with Gasteiger partial charge < -0.3 is 10.6 Å². The van der Waals surface area contributed by atoms with Gasteiger partial charge in [0.1, 0.15) is 0 Å². The monoisotopic (exact) mass is 350 g/mol. The van der Waals surface area contributed by atoms with Crippen LogP contribution in [0.3, 0.4) is 0 Å². The maximum atomic E-state index is 12.2. The Bertz CT molecular complexity index is 670. The highest BCUT2D eigenvalue weighted by Crippen LogP contribution is 2.26. The first-order valence-corrected chi connectivity index (χ1v) is 9.41. The highest BCUT2D eigenvalue weighted by atomic mass is 32.2. The minimum absolute atomic E-state index is 0.0208. The number of carbonyl (C=O) groups excluding carboxylic acids is 1. The van der Waals surface area contributed by atoms with E-state index in [0.717, 1.165) is 32.7 Å². The Kier molecular flexibility index (Phi) is 6.41. The zero-order valence-electron chi connectivity index (χ0n) is 13.8. The molecule has 2 aromatic rings. The Morgan fingerprint density at radius 2 is 2.13 bits per heavy atom. The quantitative estimate of drug-likeness (QED) is 0.740. The number of hydrogen-bond acceptors (Lipinski definition) is 6. The summed E-state index contributed by atoms with van der Waals surface area (Å²) in [6, 6.07) is 6.39. The molecule has 0 fully saturated rings. The maximum absolute atomic E-state index is 12.2. The molecule has 1 heterocycles. The summed E-state index contributed by atoms with van der Waals surface area (Å²) in [6.45, 7) is 8.20. The minimum atomic E-state index is -0.0208. The second-order valence-corrected chi connectivity index (χ2v) is 7.67. The number of nitrogens with zero attached hydrogens (tertiary/aromatic N) is 2. The number of benzene rings is 1. The molecule has 23 heavy (non-hydrogen) atoms. The first-order chi connectivity index (χ1) is 11.0. The van der Waals surface area contributed by atoms with Gasteiger partial charge in [-0.15, -0.1) is 10.2 Å². The summed E-state index contributed by atoms with van der Waals surface area (Å²) in [5.41, 5.74) is 3.17. The summed E-state index contributed by atoms with van der Waals surface area (Å²) in [7, 11) is 0. The van der Waals surface area contributed by atoms with E-state index in [1.165, 1.54) is 23.1 Å². The molecule has 0 unspecified atom stereocenters. The summed E-state index contributed by atoms with van der Waals surface area (Å²) in [5.74, 6) is 0.306. The number of aryl methyl sites for hydroxylation is 2. The first kappa shape index (κ1) is 17.7. The molecule has 0 aliphatic rings. The fourth-order valence-corrected chi connectivity index (χ4v) is 3.78. The zero-order valence-corrected chi connectivity index (χ0v) is 15.5. The SMILES string of the molecule is CCc1cccc(C)c1NC(=O)CSc1nnc(NC(C)C)s1. The van der Waals surface area contributed by atoms with Gasteiger partial charge in [0.05, 0.1) is 5.75 Å². The fraction of sp³-hybridized carbons (Fsp3) is 0.438. The number of anilines is 2. The van der Waals surface area contributed by atoms with Crippen molar-refractivity contribution in [2.75, 3.05) is 16.4 Å². The van der Waals surface area contributed by atoms with Crippen molar-refractivity contribution in [2.24, 2.45) is 0 Å². The van der Waals surface area contributed by atoms with E-state index in [9.17, 15) is 4.79 Å². The van der Waals surface area contributed by atoms with Crippen molar-refractivity contribution in [3.05, 3.63) is 29.3 Å². The summed E-state index contributed by atoms with van der Waals surface area (Å²) in [6.07, 6.45) is 0.894. The van der Waals surface area contributed by atoms with E-state index in [1.807, 2.05) is 25.1 Å². The van der Waals surface area contributed by atoms with Crippen molar-refractivity contribution in [3.8, 4) is 0 Å². The van der Waals surface area contributed by atoms with Gasteiger partial charge in [-0.25, -0.2) is 0 Å². The third kappa shape index (κ3) is 5.21. The molecule has 0 spiro atoms. The maximum Gasteiger partial charge on any atom is 0.234 e. The number of thioether (sulfide) groups is 1. The van der Waals surface area contributed by atoms with E-state index in [4.69, 9.17) is 0 Å². The molecule has 0 aliphatic heterocycles. The standard InChI is InChI=1S/C16H22N4OS2/c1-5-12-8-6-7-11(4)14(12)18-13(21)9-22-16-20-19-15(23-16)17-10(2)3/h6-8,10H,5,9H2,1-4H3,(H,17,19)(H,18,21). The average Bonchev–Trinajstić information content (AvgIpc) is 2.94. The van der Waals surface area contributed by atoms with Crippen LogP contribution in [0.1, 0.15) is 31.9 Å². The molecule has 0 saturated heterocycles. The summed E-state index contributed by atoms with van der Waals surface area (Å²) >= 11 is 2.88. The van der Waals surface area contributed by atoms with Gasteiger partial charge in [-0.05, 0) is 38.3 Å². The summed E-state index contributed by atoms with van der Waals surface area (Å²) < 4.78 is 0.795. The minimum Gasteiger partial charge on any atom is -0.358 e. The highest BCUT2D eigenvalue weighted by molar-refractivity contribution is 8.01. The number of nitrogens with one attached hydrogen (secondary N) is 2. The van der Waals surface area contributed by atoms with Crippen LogP contribution in [0, 0.1) is 6.92 Å². The van der Waals surface area contributed by atoms with Crippen molar-refractivity contribution >= 4 is 39.8 Å². The molecule has 1 aromatic carbocycles. The smallest absolute Gasteiger partial charge is 0.234 e. The lowest BCUT2D eigenvalue weighted by Crippen LogP contribution is -2.16.